The van der Waals surface area contributed by atoms with Crippen LogP contribution in [0.2, 0.25) is 0 Å². The molecule has 5 rings (SSSR count). The van der Waals surface area contributed by atoms with E-state index in [0.29, 0.717) is 22.5 Å². The van der Waals surface area contributed by atoms with E-state index in [1.54, 1.807) is 16.8 Å². The monoisotopic (exact) mass is 396 g/mol. The molecule has 146 valence electrons. The Kier molecular flexibility index (Phi) is 4.25. The molecule has 0 fully saturated rings. The minimum absolute atomic E-state index is 0.260. The molecule has 0 saturated carbocycles. The number of nitrogens with zero attached hydrogens (tertiary/aromatic N) is 4. The molecule has 0 amide bonds. The Morgan fingerprint density at radius 2 is 1.53 bits per heavy atom. The molecule has 0 aliphatic carbocycles. The fourth-order valence-corrected chi connectivity index (χ4v) is 3.45. The lowest BCUT2D eigenvalue weighted by atomic mass is 10.1. The van der Waals surface area contributed by atoms with Gasteiger partial charge in [0, 0.05) is 5.56 Å². The van der Waals surface area contributed by atoms with Gasteiger partial charge in [-0.3, -0.25) is 9.36 Å². The molecule has 6 heteroatoms. The predicted octanol–water partition coefficient (Wildman–Crippen LogP) is 4.69. The normalized spacial score (nSPS) is 11.1. The Labute approximate surface area is 171 Å². The maximum absolute atomic E-state index is 13.5. The number of halogens is 1. The van der Waals surface area contributed by atoms with E-state index in [1.165, 1.54) is 22.9 Å². The van der Waals surface area contributed by atoms with E-state index < -0.39 is 0 Å². The molecule has 5 nitrogen and oxygen atoms in total. The predicted molar refractivity (Wildman–Crippen MR) is 115 cm³/mol. The SMILES string of the molecule is Cc1ccc(-c2nc3c(cnn3-c3ccccc3)c(=O)n2-c2ccc(F)cc2)cc1. The summed E-state index contributed by atoms with van der Waals surface area (Å²) < 4.78 is 16.7. The summed E-state index contributed by atoms with van der Waals surface area (Å²) in [6.45, 7) is 2.00. The minimum atomic E-state index is -0.366. The van der Waals surface area contributed by atoms with Crippen molar-refractivity contribution in [2.75, 3.05) is 0 Å². The smallest absolute Gasteiger partial charge is 0.268 e. The first-order valence-electron chi connectivity index (χ1n) is 9.51. The van der Waals surface area contributed by atoms with Gasteiger partial charge in [-0.15, -0.1) is 0 Å². The Morgan fingerprint density at radius 3 is 2.23 bits per heavy atom. The van der Waals surface area contributed by atoms with E-state index >= 15 is 0 Å². The lowest BCUT2D eigenvalue weighted by molar-refractivity contribution is 0.627. The van der Waals surface area contributed by atoms with Crippen molar-refractivity contribution in [3.05, 3.63) is 107 Å². The molecule has 2 aromatic heterocycles. The van der Waals surface area contributed by atoms with Gasteiger partial charge in [-0.05, 0) is 43.3 Å². The molecular formula is C24H17FN4O. The van der Waals surface area contributed by atoms with Crippen molar-refractivity contribution in [3.8, 4) is 22.8 Å². The number of hydrogen-bond acceptors (Lipinski definition) is 3. The van der Waals surface area contributed by atoms with Crippen molar-refractivity contribution >= 4 is 11.0 Å². The molecule has 0 radical (unpaired) electrons. The molecule has 0 aliphatic rings. The fraction of sp³-hybridized carbons (Fsp3) is 0.0417. The van der Waals surface area contributed by atoms with Crippen LogP contribution in [-0.2, 0) is 0 Å². The van der Waals surface area contributed by atoms with Gasteiger partial charge in [-0.25, -0.2) is 14.1 Å². The standard InChI is InChI=1S/C24H17FN4O/c1-16-7-9-17(10-8-16)22-27-23-21(15-26-29(23)20-5-3-2-4-6-20)24(30)28(22)19-13-11-18(25)12-14-19/h2-15H,1H3. The van der Waals surface area contributed by atoms with Crippen molar-refractivity contribution in [2.45, 2.75) is 6.92 Å². The van der Waals surface area contributed by atoms with Crippen LogP contribution >= 0.6 is 0 Å². The van der Waals surface area contributed by atoms with E-state index in [-0.39, 0.29) is 11.4 Å². The maximum atomic E-state index is 13.5. The molecular weight excluding hydrogens is 379 g/mol. The number of hydrogen-bond donors (Lipinski definition) is 0. The number of aryl methyl sites for hydroxylation is 1. The molecule has 0 saturated heterocycles. The van der Waals surface area contributed by atoms with Crippen LogP contribution in [0.25, 0.3) is 33.8 Å². The first kappa shape index (κ1) is 18.0. The van der Waals surface area contributed by atoms with Crippen molar-refractivity contribution < 1.29 is 4.39 Å². The summed E-state index contributed by atoms with van der Waals surface area (Å²) in [6, 6.07) is 23.1. The van der Waals surface area contributed by atoms with Gasteiger partial charge in [0.05, 0.1) is 17.6 Å². The van der Waals surface area contributed by atoms with E-state index in [4.69, 9.17) is 4.98 Å². The average molecular weight is 396 g/mol. The molecule has 30 heavy (non-hydrogen) atoms. The molecule has 0 N–H and O–H groups in total. The Bertz CT molecular complexity index is 1400. The third kappa shape index (κ3) is 2.99. The molecule has 0 bridgehead atoms. The number of benzene rings is 3. The van der Waals surface area contributed by atoms with Gasteiger partial charge in [0.25, 0.3) is 5.56 Å². The highest BCUT2D eigenvalue weighted by atomic mass is 19.1. The second-order valence-corrected chi connectivity index (χ2v) is 7.05. The van der Waals surface area contributed by atoms with Crippen molar-refractivity contribution in [1.82, 2.24) is 19.3 Å². The second kappa shape index (κ2) is 7.08. The molecule has 2 heterocycles. The average Bonchev–Trinajstić information content (AvgIpc) is 3.20. The zero-order chi connectivity index (χ0) is 20.7. The molecule has 3 aromatic carbocycles. The first-order valence-corrected chi connectivity index (χ1v) is 9.51. The van der Waals surface area contributed by atoms with Gasteiger partial charge in [-0.1, -0.05) is 48.0 Å². The van der Waals surface area contributed by atoms with Crippen LogP contribution in [-0.4, -0.2) is 19.3 Å². The number of para-hydroxylation sites is 1. The fourth-order valence-electron chi connectivity index (χ4n) is 3.45. The third-order valence-corrected chi connectivity index (χ3v) is 5.00. The van der Waals surface area contributed by atoms with Crippen LogP contribution in [0.5, 0.6) is 0 Å². The van der Waals surface area contributed by atoms with Crippen LogP contribution in [0, 0.1) is 12.7 Å². The van der Waals surface area contributed by atoms with Crippen LogP contribution in [0.1, 0.15) is 5.56 Å². The van der Waals surface area contributed by atoms with Gasteiger partial charge in [0.1, 0.15) is 17.0 Å². The highest BCUT2D eigenvalue weighted by molar-refractivity contribution is 5.78. The Balaban J connectivity index is 1.85. The summed E-state index contributed by atoms with van der Waals surface area (Å²) in [5.41, 5.74) is 3.45. The third-order valence-electron chi connectivity index (χ3n) is 5.00. The zero-order valence-electron chi connectivity index (χ0n) is 16.2. The van der Waals surface area contributed by atoms with Gasteiger partial charge in [-0.2, -0.15) is 5.10 Å². The summed E-state index contributed by atoms with van der Waals surface area (Å²) in [4.78, 5) is 18.3. The summed E-state index contributed by atoms with van der Waals surface area (Å²) in [6.07, 6.45) is 1.52. The van der Waals surface area contributed by atoms with E-state index in [2.05, 4.69) is 5.10 Å². The molecule has 0 atom stereocenters. The number of aromatic nitrogens is 4. The Hall–Kier alpha value is -4.06. The van der Waals surface area contributed by atoms with Crippen LogP contribution < -0.4 is 5.56 Å². The Morgan fingerprint density at radius 1 is 0.833 bits per heavy atom. The lowest BCUT2D eigenvalue weighted by Crippen LogP contribution is -2.22. The highest BCUT2D eigenvalue weighted by Crippen LogP contribution is 2.24. The first-order chi connectivity index (χ1) is 14.6. The van der Waals surface area contributed by atoms with E-state index in [0.717, 1.165) is 16.8 Å². The largest absolute Gasteiger partial charge is 0.269 e. The molecule has 0 unspecified atom stereocenters. The quantitative estimate of drug-likeness (QED) is 0.445. The molecule has 0 aliphatic heterocycles. The minimum Gasteiger partial charge on any atom is -0.268 e. The highest BCUT2D eigenvalue weighted by Gasteiger charge is 2.18. The van der Waals surface area contributed by atoms with Crippen LogP contribution in [0.3, 0.4) is 0 Å². The summed E-state index contributed by atoms with van der Waals surface area (Å²) in [5, 5.41) is 4.79. The van der Waals surface area contributed by atoms with Crippen molar-refractivity contribution in [2.24, 2.45) is 0 Å². The maximum Gasteiger partial charge on any atom is 0.269 e. The van der Waals surface area contributed by atoms with Crippen molar-refractivity contribution in [3.63, 3.8) is 0 Å². The van der Waals surface area contributed by atoms with Gasteiger partial charge < -0.3 is 0 Å². The molecule has 5 aromatic rings. The summed E-state index contributed by atoms with van der Waals surface area (Å²) in [7, 11) is 0. The zero-order valence-corrected chi connectivity index (χ0v) is 16.2. The van der Waals surface area contributed by atoms with E-state index in [1.807, 2.05) is 61.5 Å². The second-order valence-electron chi connectivity index (χ2n) is 7.05. The van der Waals surface area contributed by atoms with Gasteiger partial charge >= 0.3 is 0 Å². The topological polar surface area (TPSA) is 52.7 Å². The summed E-state index contributed by atoms with van der Waals surface area (Å²) >= 11 is 0. The number of fused-ring (bicyclic) bond motifs is 1. The van der Waals surface area contributed by atoms with E-state index in [9.17, 15) is 9.18 Å². The lowest BCUT2D eigenvalue weighted by Gasteiger charge is -2.13. The molecule has 0 spiro atoms. The van der Waals surface area contributed by atoms with Crippen molar-refractivity contribution in [1.29, 1.82) is 0 Å². The number of rotatable bonds is 3. The summed E-state index contributed by atoms with van der Waals surface area (Å²) in [5.74, 6) is 0.103. The van der Waals surface area contributed by atoms with Gasteiger partial charge in [0.2, 0.25) is 0 Å². The van der Waals surface area contributed by atoms with Crippen LogP contribution in [0.15, 0.2) is 89.9 Å². The van der Waals surface area contributed by atoms with Gasteiger partial charge in [0.15, 0.2) is 5.65 Å². The van der Waals surface area contributed by atoms with Crippen LogP contribution in [0.4, 0.5) is 4.39 Å².